The van der Waals surface area contributed by atoms with Crippen LogP contribution in [0.1, 0.15) is 0 Å². The van der Waals surface area contributed by atoms with Crippen LogP contribution in [0.25, 0.3) is 0 Å². The van der Waals surface area contributed by atoms with Crippen LogP contribution in [0.4, 0.5) is 39.1 Å². The van der Waals surface area contributed by atoms with Crippen LogP contribution >= 0.6 is 8.77 Å². The number of rotatable bonds is 3. The zero-order valence-electron chi connectivity index (χ0n) is 6.67. The number of carbonyl (C=O) groups is 1. The van der Waals surface area contributed by atoms with Gasteiger partial charge in [0.05, 0.1) is 0 Å². The van der Waals surface area contributed by atoms with Gasteiger partial charge in [-0.25, -0.2) is 4.79 Å². The van der Waals surface area contributed by atoms with Gasteiger partial charge in [0.15, 0.2) is 0 Å². The Hall–Kier alpha value is -0.730. The molecule has 0 unspecified atom stereocenters. The average molecular weight is 282 g/mol. The zero-order valence-corrected chi connectivity index (χ0v) is 7.56. The molecule has 0 atom stereocenters. The molecule has 96 valence electrons. The van der Waals surface area contributed by atoms with Gasteiger partial charge in [0.1, 0.15) is 0 Å². The van der Waals surface area contributed by atoms with Crippen LogP contribution in [0.15, 0.2) is 0 Å². The summed E-state index contributed by atoms with van der Waals surface area (Å²) in [6.07, 6.45) is -6.77. The van der Waals surface area contributed by atoms with E-state index in [1.165, 1.54) is 0 Å². The average Bonchev–Trinajstić information content (AvgIpc) is 2.00. The predicted molar refractivity (Wildman–Crippen MR) is 31.2 cm³/mol. The molecule has 0 spiro atoms. The van der Waals surface area contributed by atoms with Gasteiger partial charge in [0.2, 0.25) is 0 Å². The van der Waals surface area contributed by atoms with E-state index in [4.69, 9.17) is 0 Å². The van der Waals surface area contributed by atoms with E-state index in [9.17, 15) is 43.9 Å². The van der Waals surface area contributed by atoms with Crippen molar-refractivity contribution in [3.05, 3.63) is 0 Å². The molecule has 0 amide bonds. The molecule has 0 saturated carbocycles. The lowest BCUT2D eigenvalue weighted by molar-refractivity contribution is -0.346. The Morgan fingerprint density at radius 1 is 0.938 bits per heavy atom. The van der Waals surface area contributed by atoms with Crippen LogP contribution in [0.5, 0.6) is 0 Å². The summed E-state index contributed by atoms with van der Waals surface area (Å²) in [6, 6.07) is 0. The number of hydrogen-bond donors (Lipinski definition) is 0. The van der Waals surface area contributed by atoms with E-state index in [1.807, 2.05) is 0 Å². The lowest BCUT2D eigenvalue weighted by Gasteiger charge is -2.25. The summed E-state index contributed by atoms with van der Waals surface area (Å²) in [7, 11) is -4.82. The molecule has 0 heterocycles. The Balaban J connectivity index is 5.12. The fourth-order valence-electron chi connectivity index (χ4n) is 0.426. The third kappa shape index (κ3) is 2.69. The molecule has 0 radical (unpaired) electrons. The fraction of sp³-hybridized carbons (Fsp3) is 0.750. The first-order chi connectivity index (χ1) is 6.84. The topological polar surface area (TPSA) is 26.3 Å². The van der Waals surface area contributed by atoms with E-state index < -0.39 is 32.8 Å². The van der Waals surface area contributed by atoms with Gasteiger partial charge in [-0.3, -0.25) is 0 Å². The molecule has 0 aliphatic heterocycles. The minimum atomic E-state index is -6.79. The van der Waals surface area contributed by atoms with E-state index in [0.29, 0.717) is 0 Å². The van der Waals surface area contributed by atoms with Gasteiger partial charge < -0.3 is 4.52 Å². The molecule has 0 N–H and O–H groups in total. The van der Waals surface area contributed by atoms with Crippen molar-refractivity contribution in [1.82, 2.24) is 0 Å². The van der Waals surface area contributed by atoms with Crippen molar-refractivity contribution in [1.29, 1.82) is 0 Å². The Morgan fingerprint density at radius 3 is 1.56 bits per heavy atom. The second-order valence-corrected chi connectivity index (χ2v) is 2.81. The normalized spacial score (nSPS) is 14.1. The summed E-state index contributed by atoms with van der Waals surface area (Å²) in [4.78, 5) is 9.95. The van der Waals surface area contributed by atoms with Crippen molar-refractivity contribution in [2.45, 2.75) is 18.0 Å². The van der Waals surface area contributed by atoms with Gasteiger partial charge >= 0.3 is 32.8 Å². The van der Waals surface area contributed by atoms with Gasteiger partial charge in [-0.15, -0.1) is 8.39 Å². The van der Waals surface area contributed by atoms with Crippen LogP contribution in [-0.2, 0) is 9.32 Å². The number of carbonyl (C=O) groups excluding carboxylic acids is 1. The van der Waals surface area contributed by atoms with Crippen molar-refractivity contribution in [2.24, 2.45) is 0 Å². The van der Waals surface area contributed by atoms with E-state index >= 15 is 0 Å². The molecule has 0 aromatic carbocycles. The van der Waals surface area contributed by atoms with Crippen LogP contribution in [0.3, 0.4) is 0 Å². The van der Waals surface area contributed by atoms with Crippen molar-refractivity contribution in [3.8, 4) is 0 Å². The van der Waals surface area contributed by atoms with Gasteiger partial charge in [-0.05, 0) is 0 Å². The summed E-state index contributed by atoms with van der Waals surface area (Å²) >= 11 is 0. The molecule has 0 saturated heterocycles. The Morgan fingerprint density at radius 2 is 1.31 bits per heavy atom. The molecular formula is C4F9O2P. The molecule has 0 rings (SSSR count). The minimum Gasteiger partial charge on any atom is -0.383 e. The van der Waals surface area contributed by atoms with Gasteiger partial charge in [0.25, 0.3) is 0 Å². The first-order valence-electron chi connectivity index (χ1n) is 3.00. The summed E-state index contributed by atoms with van der Waals surface area (Å²) in [5, 5.41) is 0. The van der Waals surface area contributed by atoms with Gasteiger partial charge in [0, 0.05) is 0 Å². The predicted octanol–water partition coefficient (Wildman–Crippen LogP) is 3.53. The maximum absolute atomic E-state index is 12.2. The second kappa shape index (κ2) is 4.27. The molecule has 2 nitrogen and oxygen atoms in total. The van der Waals surface area contributed by atoms with Gasteiger partial charge in [-0.2, -0.15) is 30.7 Å². The van der Waals surface area contributed by atoms with Gasteiger partial charge in [-0.1, -0.05) is 0 Å². The molecule has 0 aliphatic rings. The van der Waals surface area contributed by atoms with Crippen LogP contribution in [-0.4, -0.2) is 24.0 Å². The second-order valence-electron chi connectivity index (χ2n) is 2.23. The Bertz CT molecular complexity index is 271. The van der Waals surface area contributed by atoms with E-state index in [-0.39, 0.29) is 0 Å². The highest BCUT2D eigenvalue weighted by molar-refractivity contribution is 7.41. The highest BCUT2D eigenvalue weighted by Crippen LogP contribution is 2.50. The fourth-order valence-corrected chi connectivity index (χ4v) is 0.666. The van der Waals surface area contributed by atoms with E-state index in [0.717, 1.165) is 0 Å². The Kier molecular flexibility index (Phi) is 4.07. The van der Waals surface area contributed by atoms with E-state index in [1.54, 1.807) is 0 Å². The summed E-state index contributed by atoms with van der Waals surface area (Å²) < 4.78 is 107. The summed E-state index contributed by atoms with van der Waals surface area (Å²) in [5.74, 6) is -16.8. The summed E-state index contributed by atoms with van der Waals surface area (Å²) in [6.45, 7) is 0. The third-order valence-corrected chi connectivity index (χ3v) is 1.46. The van der Waals surface area contributed by atoms with Crippen LogP contribution in [0.2, 0.25) is 0 Å². The standard InChI is InChI=1S/C4F9O2P/c5-2(6,1(14)15-16(12)13)3(7,8)4(9,10)11. The first-order valence-corrected chi connectivity index (χ1v) is 4.04. The van der Waals surface area contributed by atoms with Crippen LogP contribution < -0.4 is 0 Å². The zero-order chi connectivity index (χ0) is 13.4. The van der Waals surface area contributed by atoms with Crippen molar-refractivity contribution < 1.29 is 48.4 Å². The number of hydrogen-bond acceptors (Lipinski definition) is 2. The maximum atomic E-state index is 12.2. The lowest BCUT2D eigenvalue weighted by Crippen LogP contribution is -2.56. The number of alkyl halides is 7. The molecular weight excluding hydrogens is 282 g/mol. The molecule has 0 fully saturated rings. The third-order valence-electron chi connectivity index (χ3n) is 1.16. The first kappa shape index (κ1) is 15.3. The monoisotopic (exact) mass is 282 g/mol. The van der Waals surface area contributed by atoms with E-state index in [2.05, 4.69) is 4.52 Å². The molecule has 12 heteroatoms. The quantitative estimate of drug-likeness (QED) is 0.584. The SMILES string of the molecule is O=C(OP(F)F)C(F)(F)C(F)(F)C(F)(F)F. The smallest absolute Gasteiger partial charge is 0.383 e. The number of halogens is 9. The molecule has 0 aliphatic carbocycles. The molecule has 0 bridgehead atoms. The minimum absolute atomic E-state index is 2.36. The Labute approximate surface area is 82.4 Å². The summed E-state index contributed by atoms with van der Waals surface area (Å²) in [5.41, 5.74) is 0. The highest BCUT2D eigenvalue weighted by Gasteiger charge is 2.77. The molecule has 0 aromatic rings. The van der Waals surface area contributed by atoms with Crippen molar-refractivity contribution >= 4 is 14.7 Å². The largest absolute Gasteiger partial charge is 0.483 e. The maximum Gasteiger partial charge on any atom is 0.483 e. The molecule has 0 aromatic heterocycles. The highest BCUT2D eigenvalue weighted by atomic mass is 31.2. The van der Waals surface area contributed by atoms with Crippen LogP contribution in [0, 0.1) is 0 Å². The molecule has 16 heavy (non-hydrogen) atoms. The van der Waals surface area contributed by atoms with Crippen molar-refractivity contribution in [3.63, 3.8) is 0 Å². The lowest BCUT2D eigenvalue weighted by atomic mass is 10.1. The van der Waals surface area contributed by atoms with Crippen molar-refractivity contribution in [2.75, 3.05) is 0 Å².